The number of amides is 1. The van der Waals surface area contributed by atoms with Gasteiger partial charge >= 0.3 is 6.09 Å². The van der Waals surface area contributed by atoms with Crippen LogP contribution in [0, 0.1) is 0 Å². The van der Waals surface area contributed by atoms with Crippen molar-refractivity contribution in [1.82, 2.24) is 9.27 Å². The quantitative estimate of drug-likeness (QED) is 0.887. The summed E-state index contributed by atoms with van der Waals surface area (Å²) >= 11 is 1.35. The first-order valence-corrected chi connectivity index (χ1v) is 7.08. The molecule has 0 saturated heterocycles. The minimum Gasteiger partial charge on any atom is -0.465 e. The van der Waals surface area contributed by atoms with E-state index in [0.717, 1.165) is 24.1 Å². The number of H-pyrrole nitrogens is 1. The standard InChI is InChI=1S/C12H18N2O3S/c1-3-4-5-8-9-10(18-13-11(9)15)7(2)6-14(8)12(16)17/h7-8H,3-6H2,1-2H3,(H,13,15)(H,16,17). The van der Waals surface area contributed by atoms with E-state index in [-0.39, 0.29) is 17.5 Å². The predicted octanol–water partition coefficient (Wildman–Crippen LogP) is 2.76. The van der Waals surface area contributed by atoms with E-state index in [1.165, 1.54) is 16.4 Å². The van der Waals surface area contributed by atoms with Crippen LogP contribution in [0.1, 0.15) is 55.5 Å². The van der Waals surface area contributed by atoms with Crippen LogP contribution >= 0.6 is 11.5 Å². The molecular weight excluding hydrogens is 252 g/mol. The molecule has 1 aliphatic heterocycles. The number of nitrogens with one attached hydrogen (secondary N) is 1. The topological polar surface area (TPSA) is 73.4 Å². The van der Waals surface area contributed by atoms with E-state index in [9.17, 15) is 14.7 Å². The van der Waals surface area contributed by atoms with E-state index in [0.29, 0.717) is 12.1 Å². The predicted molar refractivity (Wildman–Crippen MR) is 70.4 cm³/mol. The second-order valence-corrected chi connectivity index (χ2v) is 5.65. The number of aromatic amines is 1. The summed E-state index contributed by atoms with van der Waals surface area (Å²) in [6, 6.07) is -0.274. The zero-order chi connectivity index (χ0) is 13.3. The van der Waals surface area contributed by atoms with E-state index in [1.54, 1.807) is 0 Å². The molecule has 0 fully saturated rings. The van der Waals surface area contributed by atoms with Gasteiger partial charge in [-0.1, -0.05) is 38.2 Å². The third-order valence-corrected chi connectivity index (χ3v) is 4.60. The Hall–Kier alpha value is -1.30. The summed E-state index contributed by atoms with van der Waals surface area (Å²) in [5.41, 5.74) is 0.559. The average Bonchev–Trinajstić information content (AvgIpc) is 2.71. The van der Waals surface area contributed by atoms with Crippen LogP contribution in [0.2, 0.25) is 0 Å². The van der Waals surface area contributed by atoms with Crippen LogP contribution in [0.25, 0.3) is 0 Å². The lowest BCUT2D eigenvalue weighted by Gasteiger charge is -2.35. The molecule has 2 N–H and O–H groups in total. The highest BCUT2D eigenvalue weighted by Crippen LogP contribution is 2.38. The highest BCUT2D eigenvalue weighted by Gasteiger charge is 2.37. The van der Waals surface area contributed by atoms with Gasteiger partial charge in [-0.2, -0.15) is 0 Å². The number of rotatable bonds is 3. The molecule has 0 bridgehead atoms. The van der Waals surface area contributed by atoms with E-state index >= 15 is 0 Å². The van der Waals surface area contributed by atoms with E-state index < -0.39 is 6.09 Å². The molecule has 2 unspecified atom stereocenters. The van der Waals surface area contributed by atoms with Crippen LogP contribution in [0.4, 0.5) is 4.79 Å². The van der Waals surface area contributed by atoms with Crippen LogP contribution in [0.15, 0.2) is 4.79 Å². The molecule has 18 heavy (non-hydrogen) atoms. The number of carboxylic acid groups (broad SMARTS) is 1. The lowest BCUT2D eigenvalue weighted by atomic mass is 9.91. The third kappa shape index (κ3) is 2.16. The Kier molecular flexibility index (Phi) is 3.75. The maximum atomic E-state index is 11.9. The third-order valence-electron chi connectivity index (χ3n) is 3.47. The van der Waals surface area contributed by atoms with Crippen LogP contribution in [0.3, 0.4) is 0 Å². The molecule has 2 atom stereocenters. The maximum absolute atomic E-state index is 11.9. The lowest BCUT2D eigenvalue weighted by molar-refractivity contribution is 0.111. The summed E-state index contributed by atoms with van der Waals surface area (Å²) in [5, 5.41) is 9.30. The Morgan fingerprint density at radius 1 is 1.61 bits per heavy atom. The smallest absolute Gasteiger partial charge is 0.407 e. The largest absolute Gasteiger partial charge is 0.465 e. The van der Waals surface area contributed by atoms with E-state index in [2.05, 4.69) is 11.3 Å². The van der Waals surface area contributed by atoms with Gasteiger partial charge in [0.1, 0.15) is 0 Å². The van der Waals surface area contributed by atoms with Gasteiger partial charge in [-0.15, -0.1) is 0 Å². The molecular formula is C12H18N2O3S. The summed E-state index contributed by atoms with van der Waals surface area (Å²) < 4.78 is 2.74. The number of carbonyl (C=O) groups is 1. The molecule has 0 radical (unpaired) electrons. The monoisotopic (exact) mass is 270 g/mol. The van der Waals surface area contributed by atoms with Gasteiger partial charge in [0.25, 0.3) is 5.56 Å². The van der Waals surface area contributed by atoms with Gasteiger partial charge in [-0.05, 0) is 6.42 Å². The SMILES string of the molecule is CCCCC1c2c(s[nH]c2=O)C(C)CN1C(=O)O. The molecule has 0 aromatic carbocycles. The number of hydrogen-bond donors (Lipinski definition) is 2. The van der Waals surface area contributed by atoms with Crippen molar-refractivity contribution in [3.63, 3.8) is 0 Å². The highest BCUT2D eigenvalue weighted by atomic mass is 32.1. The second kappa shape index (κ2) is 5.14. The molecule has 1 amide bonds. The van der Waals surface area contributed by atoms with Gasteiger partial charge in [-0.25, -0.2) is 4.79 Å². The lowest BCUT2D eigenvalue weighted by Crippen LogP contribution is -2.41. The molecule has 2 heterocycles. The van der Waals surface area contributed by atoms with Crippen molar-refractivity contribution in [2.45, 2.75) is 45.1 Å². The highest BCUT2D eigenvalue weighted by molar-refractivity contribution is 7.06. The van der Waals surface area contributed by atoms with Gasteiger partial charge in [0, 0.05) is 17.3 Å². The average molecular weight is 270 g/mol. The first kappa shape index (κ1) is 13.1. The summed E-state index contributed by atoms with van der Waals surface area (Å²) in [5.74, 6) is 0.0953. The summed E-state index contributed by atoms with van der Waals surface area (Å²) in [7, 11) is 0. The van der Waals surface area contributed by atoms with Crippen molar-refractivity contribution in [2.75, 3.05) is 6.54 Å². The maximum Gasteiger partial charge on any atom is 0.407 e. The molecule has 6 heteroatoms. The molecule has 1 aliphatic rings. The summed E-state index contributed by atoms with van der Waals surface area (Å²) in [6.45, 7) is 4.51. The van der Waals surface area contributed by atoms with Crippen molar-refractivity contribution in [2.24, 2.45) is 0 Å². The van der Waals surface area contributed by atoms with Crippen molar-refractivity contribution in [3.8, 4) is 0 Å². The van der Waals surface area contributed by atoms with Crippen molar-refractivity contribution >= 4 is 17.6 Å². The number of hydrogen-bond acceptors (Lipinski definition) is 3. The Labute approximate surface area is 110 Å². The van der Waals surface area contributed by atoms with Crippen LogP contribution in [-0.2, 0) is 0 Å². The Morgan fingerprint density at radius 3 is 2.94 bits per heavy atom. The van der Waals surface area contributed by atoms with Gasteiger partial charge in [0.05, 0.1) is 11.6 Å². The fourth-order valence-corrected chi connectivity index (χ4v) is 3.50. The fourth-order valence-electron chi connectivity index (χ4n) is 2.57. The second-order valence-electron chi connectivity index (χ2n) is 4.81. The van der Waals surface area contributed by atoms with Crippen molar-refractivity contribution in [1.29, 1.82) is 0 Å². The fraction of sp³-hybridized carbons (Fsp3) is 0.667. The van der Waals surface area contributed by atoms with Gasteiger partial charge < -0.3 is 10.0 Å². The van der Waals surface area contributed by atoms with Crippen LogP contribution in [-0.4, -0.2) is 27.0 Å². The molecule has 100 valence electrons. The molecule has 1 aromatic heterocycles. The molecule has 5 nitrogen and oxygen atoms in total. The van der Waals surface area contributed by atoms with Gasteiger partial charge in [0.15, 0.2) is 0 Å². The number of unbranched alkanes of at least 4 members (excludes halogenated alkanes) is 1. The number of fused-ring (bicyclic) bond motifs is 1. The number of aromatic nitrogens is 1. The van der Waals surface area contributed by atoms with Gasteiger partial charge in [-0.3, -0.25) is 9.17 Å². The van der Waals surface area contributed by atoms with Crippen LogP contribution in [0.5, 0.6) is 0 Å². The minimum atomic E-state index is -0.931. The molecule has 1 aromatic rings. The first-order chi connectivity index (χ1) is 8.56. The minimum absolute atomic E-state index is 0.0953. The first-order valence-electron chi connectivity index (χ1n) is 6.27. The van der Waals surface area contributed by atoms with Crippen molar-refractivity contribution in [3.05, 3.63) is 20.8 Å². The van der Waals surface area contributed by atoms with Gasteiger partial charge in [0.2, 0.25) is 0 Å². The van der Waals surface area contributed by atoms with Crippen molar-refractivity contribution < 1.29 is 9.90 Å². The Balaban J connectivity index is 2.41. The Morgan fingerprint density at radius 2 is 2.33 bits per heavy atom. The van der Waals surface area contributed by atoms with E-state index in [1.807, 2.05) is 6.92 Å². The zero-order valence-corrected chi connectivity index (χ0v) is 11.4. The molecule has 0 spiro atoms. The van der Waals surface area contributed by atoms with E-state index in [4.69, 9.17) is 0 Å². The molecule has 0 saturated carbocycles. The molecule has 0 aliphatic carbocycles. The Bertz CT molecular complexity index is 494. The summed E-state index contributed by atoms with van der Waals surface area (Å²) in [4.78, 5) is 25.7. The summed E-state index contributed by atoms with van der Waals surface area (Å²) in [6.07, 6.45) is 1.72. The molecule has 2 rings (SSSR count). The number of nitrogens with zero attached hydrogens (tertiary/aromatic N) is 1. The normalized spacial score (nSPS) is 22.9. The zero-order valence-electron chi connectivity index (χ0n) is 10.6. The van der Waals surface area contributed by atoms with Crippen LogP contribution < -0.4 is 5.56 Å².